The van der Waals surface area contributed by atoms with Crippen LogP contribution >= 0.6 is 0 Å². The van der Waals surface area contributed by atoms with Gasteiger partial charge in [-0.15, -0.1) is 0 Å². The van der Waals surface area contributed by atoms with Crippen molar-refractivity contribution in [1.29, 1.82) is 0 Å². The monoisotopic (exact) mass is 399 g/mol. The van der Waals surface area contributed by atoms with Crippen LogP contribution in [0.3, 0.4) is 0 Å². The van der Waals surface area contributed by atoms with E-state index in [0.29, 0.717) is 0 Å². The largest absolute Gasteiger partial charge is 0.389 e. The number of nitrogens with zero attached hydrogens (tertiary/aromatic N) is 3. The van der Waals surface area contributed by atoms with Crippen molar-refractivity contribution in [1.82, 2.24) is 14.2 Å². The zero-order chi connectivity index (χ0) is 19.9. The Morgan fingerprint density at radius 3 is 2.25 bits per heavy atom. The number of hydrogen-bond acceptors (Lipinski definition) is 6. The van der Waals surface area contributed by atoms with Crippen molar-refractivity contribution in [3.8, 4) is 0 Å². The highest BCUT2D eigenvalue weighted by molar-refractivity contribution is 7.89. The molecule has 1 aromatic carbocycles. The van der Waals surface area contributed by atoms with Crippen LogP contribution in [0.5, 0.6) is 0 Å². The molecular weight excluding hydrogens is 382 g/mol. The molecule has 0 radical (unpaired) electrons. The fraction of sp³-hybridized carbons (Fsp3) is 0.211. The number of aliphatic hydroxyl groups is 1. The van der Waals surface area contributed by atoms with Gasteiger partial charge in [-0.3, -0.25) is 14.5 Å². The van der Waals surface area contributed by atoms with E-state index >= 15 is 0 Å². The van der Waals surface area contributed by atoms with Gasteiger partial charge in [0.05, 0.1) is 23.3 Å². The minimum absolute atomic E-state index is 0.00433. The normalized spacial score (nSPS) is 23.0. The lowest BCUT2D eigenvalue weighted by atomic mass is 10.1. The predicted molar refractivity (Wildman–Crippen MR) is 98.9 cm³/mol. The van der Waals surface area contributed by atoms with E-state index < -0.39 is 34.0 Å². The molecule has 3 heterocycles. The molecule has 0 bridgehead atoms. The number of carbonyl (C=O) groups excluding carboxylic acids is 2. The lowest BCUT2D eigenvalue weighted by molar-refractivity contribution is 0.0410. The number of amides is 2. The van der Waals surface area contributed by atoms with E-state index in [1.807, 2.05) is 0 Å². The van der Waals surface area contributed by atoms with Gasteiger partial charge in [0, 0.05) is 19.3 Å². The van der Waals surface area contributed by atoms with Gasteiger partial charge in [-0.1, -0.05) is 30.4 Å². The lowest BCUT2D eigenvalue weighted by Gasteiger charge is -2.28. The maximum Gasteiger partial charge on any atom is 0.262 e. The van der Waals surface area contributed by atoms with Crippen LogP contribution in [0.4, 0.5) is 0 Å². The maximum absolute atomic E-state index is 12.8. The third-order valence-electron chi connectivity index (χ3n) is 4.79. The van der Waals surface area contributed by atoms with Gasteiger partial charge in [-0.25, -0.2) is 13.4 Å². The zero-order valence-corrected chi connectivity index (χ0v) is 15.5. The zero-order valence-electron chi connectivity index (χ0n) is 14.7. The molecule has 9 heteroatoms. The predicted octanol–water partition coefficient (Wildman–Crippen LogP) is 0.668. The van der Waals surface area contributed by atoms with Crippen LogP contribution in [0.25, 0.3) is 0 Å². The topological polar surface area (TPSA) is 108 Å². The van der Waals surface area contributed by atoms with Gasteiger partial charge in [-0.05, 0) is 24.3 Å². The lowest BCUT2D eigenvalue weighted by Crippen LogP contribution is -2.49. The van der Waals surface area contributed by atoms with Crippen LogP contribution in [-0.2, 0) is 10.0 Å². The molecule has 144 valence electrons. The number of pyridine rings is 1. The summed E-state index contributed by atoms with van der Waals surface area (Å²) in [4.78, 5) is 30.2. The summed E-state index contributed by atoms with van der Waals surface area (Å²) in [5, 5.41) is 10.6. The van der Waals surface area contributed by atoms with Gasteiger partial charge >= 0.3 is 0 Å². The van der Waals surface area contributed by atoms with Gasteiger partial charge in [0.2, 0.25) is 0 Å². The summed E-state index contributed by atoms with van der Waals surface area (Å²) < 4.78 is 26.7. The Morgan fingerprint density at radius 2 is 1.64 bits per heavy atom. The van der Waals surface area contributed by atoms with E-state index in [2.05, 4.69) is 4.98 Å². The Bertz CT molecular complexity index is 1030. The second kappa shape index (κ2) is 6.93. The molecule has 2 amide bonds. The molecular formula is C19H17N3O5S. The molecule has 1 N–H and O–H groups in total. The molecule has 0 saturated carbocycles. The molecule has 2 aromatic rings. The molecule has 1 aromatic heterocycles. The number of aliphatic hydroxyl groups excluding tert-OH is 1. The van der Waals surface area contributed by atoms with E-state index in [9.17, 15) is 23.1 Å². The molecule has 0 aliphatic carbocycles. The first-order valence-corrected chi connectivity index (χ1v) is 10.1. The Labute approximate surface area is 161 Å². The molecule has 2 atom stereocenters. The molecule has 8 nitrogen and oxygen atoms in total. The van der Waals surface area contributed by atoms with Gasteiger partial charge in [0.15, 0.2) is 5.03 Å². The van der Waals surface area contributed by atoms with Crippen molar-refractivity contribution in [2.75, 3.05) is 13.1 Å². The number of sulfonamides is 1. The quantitative estimate of drug-likeness (QED) is 0.600. The summed E-state index contributed by atoms with van der Waals surface area (Å²) >= 11 is 0. The number of rotatable bonds is 3. The average molecular weight is 399 g/mol. The molecule has 0 unspecified atom stereocenters. The maximum atomic E-state index is 12.8. The second-order valence-electron chi connectivity index (χ2n) is 6.50. The van der Waals surface area contributed by atoms with Gasteiger partial charge in [-0.2, -0.15) is 4.31 Å². The number of β-amino-alcohol motifs (C(OH)–C–C–N with tert-alkyl or cyclic N) is 1. The fourth-order valence-electron chi connectivity index (χ4n) is 3.40. The molecule has 28 heavy (non-hydrogen) atoms. The molecule has 2 aliphatic rings. The first-order valence-electron chi connectivity index (χ1n) is 8.64. The number of benzene rings is 1. The first kappa shape index (κ1) is 18.5. The van der Waals surface area contributed by atoms with Crippen LogP contribution in [0.2, 0.25) is 0 Å². The van der Waals surface area contributed by atoms with Gasteiger partial charge < -0.3 is 5.11 Å². The van der Waals surface area contributed by atoms with Crippen LogP contribution in [0, 0.1) is 0 Å². The summed E-state index contributed by atoms with van der Waals surface area (Å²) in [5.74, 6) is -1.01. The minimum Gasteiger partial charge on any atom is -0.389 e. The number of fused-ring (bicyclic) bond motifs is 1. The smallest absolute Gasteiger partial charge is 0.262 e. The van der Waals surface area contributed by atoms with E-state index in [-0.39, 0.29) is 29.2 Å². The van der Waals surface area contributed by atoms with Crippen LogP contribution in [-0.4, -0.2) is 64.8 Å². The SMILES string of the molecule is O=C1c2ccccc2C(=O)N1[C@H]1C=CCN(S(=O)(=O)c2ccccn2)C[C@H]1O. The Balaban J connectivity index is 1.61. The average Bonchev–Trinajstić information content (AvgIpc) is 2.83. The molecule has 0 spiro atoms. The molecule has 0 saturated heterocycles. The van der Waals surface area contributed by atoms with E-state index in [1.54, 1.807) is 36.4 Å². The summed E-state index contributed by atoms with van der Waals surface area (Å²) in [6, 6.07) is 10.0. The van der Waals surface area contributed by atoms with E-state index in [1.165, 1.54) is 24.4 Å². The molecule has 4 rings (SSSR count). The summed E-state index contributed by atoms with van der Waals surface area (Å²) in [7, 11) is -3.92. The van der Waals surface area contributed by atoms with E-state index in [4.69, 9.17) is 0 Å². The highest BCUT2D eigenvalue weighted by atomic mass is 32.2. The van der Waals surface area contributed by atoms with Crippen LogP contribution < -0.4 is 0 Å². The Hall–Kier alpha value is -2.88. The van der Waals surface area contributed by atoms with Crippen molar-refractivity contribution in [2.45, 2.75) is 17.2 Å². The van der Waals surface area contributed by atoms with Crippen molar-refractivity contribution in [3.63, 3.8) is 0 Å². The van der Waals surface area contributed by atoms with Crippen LogP contribution in [0.15, 0.2) is 65.8 Å². The highest BCUT2D eigenvalue weighted by Gasteiger charge is 2.43. The van der Waals surface area contributed by atoms with Gasteiger partial charge in [0.1, 0.15) is 0 Å². The number of hydrogen-bond donors (Lipinski definition) is 1. The Morgan fingerprint density at radius 1 is 1.00 bits per heavy atom. The molecule has 0 fully saturated rings. The second-order valence-corrected chi connectivity index (χ2v) is 8.39. The Kier molecular flexibility index (Phi) is 4.58. The third kappa shape index (κ3) is 2.93. The van der Waals surface area contributed by atoms with Crippen molar-refractivity contribution < 1.29 is 23.1 Å². The number of carbonyl (C=O) groups is 2. The molecule has 2 aliphatic heterocycles. The van der Waals surface area contributed by atoms with Crippen molar-refractivity contribution >= 4 is 21.8 Å². The minimum atomic E-state index is -3.92. The van der Waals surface area contributed by atoms with Crippen molar-refractivity contribution in [3.05, 3.63) is 71.9 Å². The van der Waals surface area contributed by atoms with E-state index in [0.717, 1.165) is 9.21 Å². The first-order chi connectivity index (χ1) is 13.4. The fourth-order valence-corrected chi connectivity index (χ4v) is 4.74. The van der Waals surface area contributed by atoms with Crippen molar-refractivity contribution in [2.24, 2.45) is 0 Å². The summed E-state index contributed by atoms with van der Waals surface area (Å²) in [6.45, 7) is -0.278. The highest BCUT2D eigenvalue weighted by Crippen LogP contribution is 2.27. The standard InChI is InChI=1S/C19H17N3O5S/c23-16-12-21(28(26,27)17-9-3-4-10-20-17)11-5-8-15(16)22-18(24)13-6-1-2-7-14(13)19(22)25/h1-10,15-16,23H,11-12H2/t15-,16+/m0/s1. The van der Waals surface area contributed by atoms with Crippen LogP contribution in [0.1, 0.15) is 20.7 Å². The summed E-state index contributed by atoms with van der Waals surface area (Å²) in [6.07, 6.45) is 3.13. The number of imide groups is 1. The van der Waals surface area contributed by atoms with Gasteiger partial charge in [0.25, 0.3) is 21.8 Å². The number of aromatic nitrogens is 1. The third-order valence-corrected chi connectivity index (χ3v) is 6.54. The summed E-state index contributed by atoms with van der Waals surface area (Å²) in [5.41, 5.74) is 0.547.